The van der Waals surface area contributed by atoms with Crippen molar-refractivity contribution in [1.29, 1.82) is 0 Å². The number of hydrogen-bond donors (Lipinski definition) is 0. The Bertz CT molecular complexity index is 117. The molecule has 0 heterocycles. The molecule has 0 aromatic rings. The van der Waals surface area contributed by atoms with Crippen LogP contribution in [0.15, 0.2) is 11.8 Å². The van der Waals surface area contributed by atoms with Gasteiger partial charge < -0.3 is 0 Å². The van der Waals surface area contributed by atoms with Crippen molar-refractivity contribution < 1.29 is 4.92 Å². The third-order valence-electron chi connectivity index (χ3n) is 0.382. The number of nitrogens with zero attached hydrogens (tertiary/aromatic N) is 1. The summed E-state index contributed by atoms with van der Waals surface area (Å²) in [5, 5.41) is 9.46. The summed E-state index contributed by atoms with van der Waals surface area (Å²) in [6.07, 6.45) is 0.736. The Kier molecular flexibility index (Phi) is 1.78. The second kappa shape index (κ2) is 2.12. The zero-order valence-corrected chi connectivity index (χ0v) is 3.50. The normalized spacial score (nSPS) is 7.43. The van der Waals surface area contributed by atoms with Crippen LogP contribution < -0.4 is 0 Å². The van der Waals surface area contributed by atoms with Crippen LogP contribution in [0.2, 0.25) is 0 Å². The molecule has 0 spiro atoms. The average Bonchev–Trinajstić information content (AvgIpc) is 1.65. The van der Waals surface area contributed by atoms with Gasteiger partial charge in [-0.2, -0.15) is 0 Å². The maximum absolute atomic E-state index is 9.46. The SMILES string of the molecule is [CH]=CC(=[CH])[N+](=O)[O-]. The zero-order valence-electron chi connectivity index (χ0n) is 3.50. The number of hydrogen-bond acceptors (Lipinski definition) is 2. The van der Waals surface area contributed by atoms with Crippen molar-refractivity contribution in [2.45, 2.75) is 0 Å². The quantitative estimate of drug-likeness (QED) is 0.287. The molecule has 0 saturated carbocycles. The van der Waals surface area contributed by atoms with E-state index in [9.17, 15) is 10.1 Å². The molecule has 0 aliphatic rings. The Balaban J connectivity index is 3.81. The molecule has 0 fully saturated rings. The molecule has 0 N–H and O–H groups in total. The van der Waals surface area contributed by atoms with Gasteiger partial charge in [0, 0.05) is 12.7 Å². The lowest BCUT2D eigenvalue weighted by atomic mass is 10.5. The molecule has 0 aliphatic heterocycles. The van der Waals surface area contributed by atoms with Crippen molar-refractivity contribution in [3.05, 3.63) is 35.0 Å². The lowest BCUT2D eigenvalue weighted by Gasteiger charge is -1.79. The van der Waals surface area contributed by atoms with Crippen LogP contribution in [-0.4, -0.2) is 4.92 Å². The fraction of sp³-hybridized carbons (Fsp3) is 0. The molecule has 0 saturated heterocycles. The van der Waals surface area contributed by atoms with E-state index in [1.165, 1.54) is 0 Å². The number of nitro groups is 1. The third-order valence-corrected chi connectivity index (χ3v) is 0.382. The predicted molar refractivity (Wildman–Crippen MR) is 23.7 cm³/mol. The first kappa shape index (κ1) is 5.88. The van der Waals surface area contributed by atoms with Gasteiger partial charge in [-0.15, -0.1) is 0 Å². The predicted octanol–water partition coefficient (Wildman–Crippen LogP) is 0.569. The van der Waals surface area contributed by atoms with Gasteiger partial charge in [-0.05, 0) is 0 Å². The molecule has 0 aromatic heterocycles. The van der Waals surface area contributed by atoms with E-state index < -0.39 is 10.6 Å². The van der Waals surface area contributed by atoms with Gasteiger partial charge in [0.25, 0.3) is 5.70 Å². The van der Waals surface area contributed by atoms with Gasteiger partial charge in [0.2, 0.25) is 0 Å². The van der Waals surface area contributed by atoms with Crippen molar-refractivity contribution in [3.63, 3.8) is 0 Å². The largest absolute Gasteiger partial charge is 0.269 e. The summed E-state index contributed by atoms with van der Waals surface area (Å²) in [6.45, 7) is 9.30. The Morgan fingerprint density at radius 2 is 2.29 bits per heavy atom. The van der Waals surface area contributed by atoms with Gasteiger partial charge in [0.1, 0.15) is 0 Å². The molecule has 36 valence electrons. The van der Waals surface area contributed by atoms with Gasteiger partial charge in [-0.25, -0.2) is 0 Å². The van der Waals surface area contributed by atoms with Gasteiger partial charge in [0.15, 0.2) is 0 Å². The van der Waals surface area contributed by atoms with Gasteiger partial charge in [0.05, 0.1) is 4.92 Å². The van der Waals surface area contributed by atoms with Crippen LogP contribution in [0, 0.1) is 23.3 Å². The zero-order chi connectivity index (χ0) is 5.86. The monoisotopic (exact) mass is 97.0 g/mol. The van der Waals surface area contributed by atoms with E-state index in [-0.39, 0.29) is 0 Å². The first-order chi connectivity index (χ1) is 3.18. The summed E-state index contributed by atoms with van der Waals surface area (Å²) >= 11 is 0. The standard InChI is InChI=1S/C4H3NO2/c1-3-4(2)5(6)7/h1-3H. The van der Waals surface area contributed by atoms with Gasteiger partial charge >= 0.3 is 0 Å². The molecule has 0 rings (SSSR count). The minimum atomic E-state index is -0.764. The highest BCUT2D eigenvalue weighted by Gasteiger charge is 1.95. The van der Waals surface area contributed by atoms with E-state index in [0.29, 0.717) is 0 Å². The molecule has 3 nitrogen and oxygen atoms in total. The van der Waals surface area contributed by atoms with Gasteiger partial charge in [-0.3, -0.25) is 10.1 Å². The highest BCUT2D eigenvalue weighted by atomic mass is 16.6. The molecular weight excluding hydrogens is 94.0 g/mol. The second-order valence-electron chi connectivity index (χ2n) is 0.849. The van der Waals surface area contributed by atoms with Crippen molar-refractivity contribution in [2.75, 3.05) is 0 Å². The Morgan fingerprint density at radius 1 is 1.86 bits per heavy atom. The maximum Gasteiger partial charge on any atom is 0.269 e. The van der Waals surface area contributed by atoms with E-state index in [2.05, 4.69) is 13.2 Å². The Labute approximate surface area is 41.1 Å². The summed E-state index contributed by atoms with van der Waals surface area (Å²) < 4.78 is 0. The van der Waals surface area contributed by atoms with Crippen LogP contribution in [0.4, 0.5) is 0 Å². The lowest BCUT2D eigenvalue weighted by molar-refractivity contribution is -0.419. The molecule has 0 atom stereocenters. The third kappa shape index (κ3) is 1.70. The smallest absolute Gasteiger partial charge is 0.258 e. The first-order valence-electron chi connectivity index (χ1n) is 1.50. The number of rotatable bonds is 2. The van der Waals surface area contributed by atoms with E-state index >= 15 is 0 Å². The minimum absolute atomic E-state index is 0.528. The van der Waals surface area contributed by atoms with Crippen molar-refractivity contribution in [3.8, 4) is 0 Å². The van der Waals surface area contributed by atoms with Gasteiger partial charge in [-0.1, -0.05) is 6.58 Å². The fourth-order valence-electron chi connectivity index (χ4n) is 0.0609. The molecule has 3 heteroatoms. The molecular formula is C4H3NO2. The van der Waals surface area contributed by atoms with Crippen molar-refractivity contribution in [1.82, 2.24) is 0 Å². The molecule has 0 unspecified atom stereocenters. The maximum atomic E-state index is 9.46. The number of allylic oxidation sites excluding steroid dienone is 1. The van der Waals surface area contributed by atoms with Crippen LogP contribution >= 0.6 is 0 Å². The van der Waals surface area contributed by atoms with Crippen LogP contribution in [0.3, 0.4) is 0 Å². The minimum Gasteiger partial charge on any atom is -0.258 e. The highest BCUT2D eigenvalue weighted by Crippen LogP contribution is 1.86. The van der Waals surface area contributed by atoms with Crippen molar-refractivity contribution >= 4 is 0 Å². The van der Waals surface area contributed by atoms with Crippen LogP contribution in [0.25, 0.3) is 0 Å². The Hall–Kier alpha value is -1.12. The first-order valence-corrected chi connectivity index (χ1v) is 1.50. The molecule has 0 amide bonds. The van der Waals surface area contributed by atoms with Crippen LogP contribution in [0.1, 0.15) is 0 Å². The molecule has 2 radical (unpaired) electrons. The van der Waals surface area contributed by atoms with Crippen LogP contribution in [0.5, 0.6) is 0 Å². The summed E-state index contributed by atoms with van der Waals surface area (Å²) in [7, 11) is 0. The summed E-state index contributed by atoms with van der Waals surface area (Å²) in [4.78, 5) is 8.70. The second-order valence-corrected chi connectivity index (χ2v) is 0.849. The molecule has 0 aliphatic carbocycles. The van der Waals surface area contributed by atoms with E-state index in [1.54, 1.807) is 0 Å². The van der Waals surface area contributed by atoms with Crippen molar-refractivity contribution in [2.24, 2.45) is 0 Å². The average molecular weight is 97.1 g/mol. The van der Waals surface area contributed by atoms with E-state index in [0.717, 1.165) is 6.08 Å². The highest BCUT2D eigenvalue weighted by molar-refractivity contribution is 4.95. The molecule has 0 aromatic carbocycles. The molecule has 7 heavy (non-hydrogen) atoms. The molecule has 0 bridgehead atoms. The summed E-state index contributed by atoms with van der Waals surface area (Å²) in [5.41, 5.74) is -0.528. The van der Waals surface area contributed by atoms with E-state index in [4.69, 9.17) is 0 Å². The van der Waals surface area contributed by atoms with E-state index in [1.807, 2.05) is 0 Å². The van der Waals surface area contributed by atoms with Crippen LogP contribution in [-0.2, 0) is 0 Å². The summed E-state index contributed by atoms with van der Waals surface area (Å²) in [6, 6.07) is 0. The topological polar surface area (TPSA) is 43.1 Å². The summed E-state index contributed by atoms with van der Waals surface area (Å²) in [5.74, 6) is 0. The Morgan fingerprint density at radius 3 is 2.29 bits per heavy atom. The fourth-order valence-corrected chi connectivity index (χ4v) is 0.0609. The lowest BCUT2D eigenvalue weighted by Crippen LogP contribution is -1.91.